The second kappa shape index (κ2) is 7.23. The van der Waals surface area contributed by atoms with Crippen molar-refractivity contribution >= 4 is 33.4 Å². The highest BCUT2D eigenvalue weighted by Crippen LogP contribution is 2.28. The summed E-state index contributed by atoms with van der Waals surface area (Å²) in [6.45, 7) is 5.85. The van der Waals surface area contributed by atoms with E-state index in [0.29, 0.717) is 6.42 Å². The Morgan fingerprint density at radius 3 is 2.54 bits per heavy atom. The van der Waals surface area contributed by atoms with Crippen LogP contribution >= 0.6 is 15.9 Å². The van der Waals surface area contributed by atoms with Crippen molar-refractivity contribution in [2.45, 2.75) is 45.1 Å². The first-order valence-corrected chi connectivity index (χ1v) is 9.56. The van der Waals surface area contributed by atoms with Gasteiger partial charge >= 0.3 is 0 Å². The van der Waals surface area contributed by atoms with Crippen LogP contribution in [-0.4, -0.2) is 11.8 Å². The van der Waals surface area contributed by atoms with Gasteiger partial charge in [0.1, 0.15) is 0 Å². The molecule has 0 fully saturated rings. The molecular weight excluding hydrogens is 392 g/mol. The third kappa shape index (κ3) is 3.83. The number of carbonyl (C=O) groups is 2. The Hall–Kier alpha value is -2.14. The lowest BCUT2D eigenvalue weighted by molar-refractivity contribution is -0.126. The van der Waals surface area contributed by atoms with Crippen LogP contribution in [0.25, 0.3) is 0 Å². The van der Waals surface area contributed by atoms with E-state index in [9.17, 15) is 9.59 Å². The van der Waals surface area contributed by atoms with Crippen molar-refractivity contribution in [3.8, 4) is 0 Å². The van der Waals surface area contributed by atoms with Crippen LogP contribution in [-0.2, 0) is 21.4 Å². The summed E-state index contributed by atoms with van der Waals surface area (Å²) in [5.74, 6) is 0.0428. The Morgan fingerprint density at radius 2 is 1.85 bits per heavy atom. The average Bonchev–Trinajstić information content (AvgIpc) is 2.61. The molecule has 2 aromatic rings. The second-order valence-corrected chi connectivity index (χ2v) is 8.21. The van der Waals surface area contributed by atoms with E-state index in [1.54, 1.807) is 0 Å². The minimum Gasteiger partial charge on any atom is -0.349 e. The zero-order valence-electron chi connectivity index (χ0n) is 15.2. The number of hydrogen-bond acceptors (Lipinski definition) is 2. The second-order valence-electron chi connectivity index (χ2n) is 7.29. The van der Waals surface area contributed by atoms with E-state index in [1.165, 1.54) is 0 Å². The molecule has 26 heavy (non-hydrogen) atoms. The van der Waals surface area contributed by atoms with Crippen molar-refractivity contribution in [3.05, 3.63) is 63.6 Å². The van der Waals surface area contributed by atoms with Crippen LogP contribution in [0.15, 0.2) is 46.9 Å². The van der Waals surface area contributed by atoms with Gasteiger partial charge in [0, 0.05) is 16.6 Å². The standard InChI is InChI=1S/C21H23BrN2O2/c1-13(14-4-10-18-15(12-14)5-11-19(25)24-18)23-20(26)21(2,3)16-6-8-17(22)9-7-16/h4,6-10,12-13H,5,11H2,1-3H3,(H,23,26)(H,24,25). The van der Waals surface area contributed by atoms with E-state index in [4.69, 9.17) is 0 Å². The van der Waals surface area contributed by atoms with Crippen LogP contribution in [0.3, 0.4) is 0 Å². The number of amides is 2. The van der Waals surface area contributed by atoms with E-state index >= 15 is 0 Å². The smallest absolute Gasteiger partial charge is 0.230 e. The third-order valence-corrected chi connectivity index (χ3v) is 5.53. The maximum Gasteiger partial charge on any atom is 0.230 e. The molecule has 0 aromatic heterocycles. The highest BCUT2D eigenvalue weighted by atomic mass is 79.9. The molecule has 1 heterocycles. The number of halogens is 1. The fourth-order valence-corrected chi connectivity index (χ4v) is 3.40. The summed E-state index contributed by atoms with van der Waals surface area (Å²) in [5.41, 5.74) is 3.38. The van der Waals surface area contributed by atoms with Gasteiger partial charge < -0.3 is 10.6 Å². The Balaban J connectivity index is 1.74. The van der Waals surface area contributed by atoms with Gasteiger partial charge in [0.2, 0.25) is 11.8 Å². The van der Waals surface area contributed by atoms with E-state index in [0.717, 1.165) is 33.3 Å². The van der Waals surface area contributed by atoms with Gasteiger partial charge in [-0.15, -0.1) is 0 Å². The van der Waals surface area contributed by atoms with E-state index in [2.05, 4.69) is 32.6 Å². The fraction of sp³-hybridized carbons (Fsp3) is 0.333. The molecule has 1 unspecified atom stereocenters. The van der Waals surface area contributed by atoms with Crippen molar-refractivity contribution in [3.63, 3.8) is 0 Å². The maximum atomic E-state index is 12.9. The molecule has 0 saturated heterocycles. The van der Waals surface area contributed by atoms with E-state index in [-0.39, 0.29) is 17.9 Å². The Kier molecular flexibility index (Phi) is 5.19. The Morgan fingerprint density at radius 1 is 1.15 bits per heavy atom. The van der Waals surface area contributed by atoms with E-state index in [1.807, 2.05) is 57.2 Å². The van der Waals surface area contributed by atoms with Crippen LogP contribution in [0.1, 0.15) is 49.9 Å². The molecule has 1 atom stereocenters. The molecule has 0 bridgehead atoms. The minimum atomic E-state index is -0.628. The number of benzene rings is 2. The highest BCUT2D eigenvalue weighted by Gasteiger charge is 2.31. The van der Waals surface area contributed by atoms with Gasteiger partial charge in [-0.25, -0.2) is 0 Å². The average molecular weight is 415 g/mol. The number of carbonyl (C=O) groups excluding carboxylic acids is 2. The van der Waals surface area contributed by atoms with Crippen molar-refractivity contribution < 1.29 is 9.59 Å². The van der Waals surface area contributed by atoms with Gasteiger partial charge in [0.25, 0.3) is 0 Å². The Labute approximate surface area is 162 Å². The highest BCUT2D eigenvalue weighted by molar-refractivity contribution is 9.10. The molecule has 136 valence electrons. The maximum absolute atomic E-state index is 12.9. The summed E-state index contributed by atoms with van der Waals surface area (Å²) in [4.78, 5) is 24.4. The molecule has 1 aliphatic heterocycles. The fourth-order valence-electron chi connectivity index (χ4n) is 3.13. The van der Waals surface area contributed by atoms with Crippen molar-refractivity contribution in [2.75, 3.05) is 5.32 Å². The quantitative estimate of drug-likeness (QED) is 0.773. The molecule has 0 saturated carbocycles. The summed E-state index contributed by atoms with van der Waals surface area (Å²) in [5, 5.41) is 6.01. The van der Waals surface area contributed by atoms with Crippen LogP contribution < -0.4 is 10.6 Å². The SMILES string of the molecule is CC(NC(=O)C(C)(C)c1ccc(Br)cc1)c1ccc2c(c1)CCC(=O)N2. The number of anilines is 1. The first-order chi connectivity index (χ1) is 12.3. The minimum absolute atomic E-state index is 0.0154. The largest absolute Gasteiger partial charge is 0.349 e. The van der Waals surface area contributed by atoms with Gasteiger partial charge in [-0.3, -0.25) is 9.59 Å². The number of aryl methyl sites for hydroxylation is 1. The first-order valence-electron chi connectivity index (χ1n) is 8.77. The van der Waals surface area contributed by atoms with Gasteiger partial charge in [-0.2, -0.15) is 0 Å². The van der Waals surface area contributed by atoms with Crippen LogP contribution in [0.5, 0.6) is 0 Å². The van der Waals surface area contributed by atoms with Crippen molar-refractivity contribution in [1.82, 2.24) is 5.32 Å². The zero-order valence-corrected chi connectivity index (χ0v) is 16.8. The number of nitrogens with one attached hydrogen (secondary N) is 2. The Bertz CT molecular complexity index is 844. The normalized spacial score (nSPS) is 15.0. The predicted molar refractivity (Wildman–Crippen MR) is 107 cm³/mol. The molecule has 5 heteroatoms. The summed E-state index contributed by atoms with van der Waals surface area (Å²) in [7, 11) is 0. The lowest BCUT2D eigenvalue weighted by atomic mass is 9.83. The number of hydrogen-bond donors (Lipinski definition) is 2. The molecule has 0 radical (unpaired) electrons. The third-order valence-electron chi connectivity index (χ3n) is 5.01. The van der Waals surface area contributed by atoms with Crippen LogP contribution in [0, 0.1) is 0 Å². The number of fused-ring (bicyclic) bond motifs is 1. The summed E-state index contributed by atoms with van der Waals surface area (Å²) < 4.78 is 0.993. The summed E-state index contributed by atoms with van der Waals surface area (Å²) in [6.07, 6.45) is 1.24. The molecule has 2 amide bonds. The van der Waals surface area contributed by atoms with Gasteiger partial charge in [-0.1, -0.05) is 40.2 Å². The zero-order chi connectivity index (χ0) is 18.9. The van der Waals surface area contributed by atoms with Gasteiger partial charge in [-0.05, 0) is 62.1 Å². The first kappa shape index (κ1) is 18.6. The van der Waals surface area contributed by atoms with Crippen molar-refractivity contribution in [1.29, 1.82) is 0 Å². The molecule has 0 aliphatic carbocycles. The summed E-state index contributed by atoms with van der Waals surface area (Å²) in [6, 6.07) is 13.7. The molecule has 2 aromatic carbocycles. The van der Waals surface area contributed by atoms with Crippen LogP contribution in [0.2, 0.25) is 0 Å². The lowest BCUT2D eigenvalue weighted by Crippen LogP contribution is -2.41. The predicted octanol–water partition coefficient (Wildman–Crippen LogP) is 4.49. The molecule has 1 aliphatic rings. The molecule has 4 nitrogen and oxygen atoms in total. The monoisotopic (exact) mass is 414 g/mol. The van der Waals surface area contributed by atoms with Crippen molar-refractivity contribution in [2.24, 2.45) is 0 Å². The molecular formula is C21H23BrN2O2. The molecule has 3 rings (SSSR count). The topological polar surface area (TPSA) is 58.2 Å². The van der Waals surface area contributed by atoms with Gasteiger partial charge in [0.15, 0.2) is 0 Å². The van der Waals surface area contributed by atoms with Gasteiger partial charge in [0.05, 0.1) is 11.5 Å². The lowest BCUT2D eigenvalue weighted by Gasteiger charge is -2.27. The van der Waals surface area contributed by atoms with E-state index < -0.39 is 5.41 Å². The number of rotatable bonds is 4. The molecule has 0 spiro atoms. The molecule has 2 N–H and O–H groups in total. The summed E-state index contributed by atoms with van der Waals surface area (Å²) >= 11 is 3.43. The van der Waals surface area contributed by atoms with Crippen LogP contribution in [0.4, 0.5) is 5.69 Å².